The highest BCUT2D eigenvalue weighted by Crippen LogP contribution is 2.38. The second-order valence-electron chi connectivity index (χ2n) is 7.15. The first-order chi connectivity index (χ1) is 13.2. The molecule has 2 aromatic rings. The molecular weight excluding hydrogens is 340 g/mol. The summed E-state index contributed by atoms with van der Waals surface area (Å²) in [6, 6.07) is 16.4. The standard InChI is InChI=1S/C22H26N2O3/c1-16(27-15-18-8-6-14-26-18)22(25)23-19-9-3-5-11-21(19)24-13-12-17-7-2-4-10-20(17)24/h2-5,7,9-11,16,18H,6,8,12-15H2,1H3,(H,23,25)/t16-,18-/m1/s1. The van der Waals surface area contributed by atoms with Crippen LogP contribution in [-0.2, 0) is 20.7 Å². The van der Waals surface area contributed by atoms with Gasteiger partial charge in [-0.1, -0.05) is 30.3 Å². The molecule has 0 spiro atoms. The molecule has 1 saturated heterocycles. The predicted octanol–water partition coefficient (Wildman–Crippen LogP) is 3.90. The minimum Gasteiger partial charge on any atom is -0.376 e. The van der Waals surface area contributed by atoms with E-state index in [0.717, 1.165) is 43.8 Å². The third-order valence-corrected chi connectivity index (χ3v) is 5.27. The Bertz CT molecular complexity index is 802. The smallest absolute Gasteiger partial charge is 0.253 e. The van der Waals surface area contributed by atoms with E-state index in [9.17, 15) is 4.79 Å². The summed E-state index contributed by atoms with van der Waals surface area (Å²) in [5, 5.41) is 3.05. The minimum atomic E-state index is -0.520. The average molecular weight is 366 g/mol. The molecule has 1 N–H and O–H groups in total. The van der Waals surface area contributed by atoms with Crippen molar-refractivity contribution in [2.75, 3.05) is 30.0 Å². The molecule has 2 atom stereocenters. The van der Waals surface area contributed by atoms with Crippen molar-refractivity contribution in [1.29, 1.82) is 0 Å². The summed E-state index contributed by atoms with van der Waals surface area (Å²) in [5.41, 5.74) is 4.38. The van der Waals surface area contributed by atoms with Crippen LogP contribution < -0.4 is 10.2 Å². The number of anilines is 3. The molecule has 2 aliphatic heterocycles. The number of benzene rings is 2. The summed E-state index contributed by atoms with van der Waals surface area (Å²) in [5.74, 6) is -0.132. The van der Waals surface area contributed by atoms with E-state index in [1.165, 1.54) is 11.3 Å². The van der Waals surface area contributed by atoms with E-state index in [-0.39, 0.29) is 12.0 Å². The summed E-state index contributed by atoms with van der Waals surface area (Å²) in [4.78, 5) is 14.9. The van der Waals surface area contributed by atoms with E-state index in [1.54, 1.807) is 6.92 Å². The zero-order chi connectivity index (χ0) is 18.6. The zero-order valence-corrected chi connectivity index (χ0v) is 15.7. The summed E-state index contributed by atoms with van der Waals surface area (Å²) < 4.78 is 11.3. The van der Waals surface area contributed by atoms with Crippen molar-refractivity contribution in [2.24, 2.45) is 0 Å². The third kappa shape index (κ3) is 3.99. The molecule has 1 fully saturated rings. The van der Waals surface area contributed by atoms with Crippen LogP contribution in [-0.4, -0.2) is 37.9 Å². The van der Waals surface area contributed by atoms with Gasteiger partial charge < -0.3 is 19.7 Å². The predicted molar refractivity (Wildman–Crippen MR) is 107 cm³/mol. The number of carbonyl (C=O) groups excluding carboxylic acids is 1. The van der Waals surface area contributed by atoms with Gasteiger partial charge in [0.1, 0.15) is 6.10 Å². The van der Waals surface area contributed by atoms with Crippen molar-refractivity contribution in [2.45, 2.75) is 38.4 Å². The maximum Gasteiger partial charge on any atom is 0.253 e. The Morgan fingerprint density at radius 3 is 2.81 bits per heavy atom. The molecule has 0 saturated carbocycles. The summed E-state index contributed by atoms with van der Waals surface area (Å²) in [6.45, 7) is 3.96. The number of hydrogen-bond donors (Lipinski definition) is 1. The summed E-state index contributed by atoms with van der Waals surface area (Å²) >= 11 is 0. The first kappa shape index (κ1) is 18.0. The number of fused-ring (bicyclic) bond motifs is 1. The molecule has 1 amide bonds. The lowest BCUT2D eigenvalue weighted by molar-refractivity contribution is -0.128. The Labute approximate surface area is 160 Å². The van der Waals surface area contributed by atoms with Crippen LogP contribution in [0.4, 0.5) is 17.1 Å². The van der Waals surface area contributed by atoms with Crippen molar-refractivity contribution in [3.05, 3.63) is 54.1 Å². The number of carbonyl (C=O) groups is 1. The van der Waals surface area contributed by atoms with Crippen LogP contribution in [0.15, 0.2) is 48.5 Å². The first-order valence-electron chi connectivity index (χ1n) is 9.71. The maximum atomic E-state index is 12.6. The minimum absolute atomic E-state index is 0.119. The fourth-order valence-corrected chi connectivity index (χ4v) is 3.74. The molecule has 0 unspecified atom stereocenters. The van der Waals surface area contributed by atoms with Crippen molar-refractivity contribution >= 4 is 23.0 Å². The van der Waals surface area contributed by atoms with Gasteiger partial charge in [0.15, 0.2) is 0 Å². The van der Waals surface area contributed by atoms with E-state index in [2.05, 4.69) is 40.5 Å². The monoisotopic (exact) mass is 366 g/mol. The summed E-state index contributed by atoms with van der Waals surface area (Å²) in [6.07, 6.45) is 2.69. The van der Waals surface area contributed by atoms with Crippen LogP contribution in [0, 0.1) is 0 Å². The van der Waals surface area contributed by atoms with E-state index in [0.29, 0.717) is 6.61 Å². The highest BCUT2D eigenvalue weighted by Gasteiger charge is 2.24. The first-order valence-corrected chi connectivity index (χ1v) is 9.71. The Morgan fingerprint density at radius 2 is 2.00 bits per heavy atom. The molecule has 2 aromatic carbocycles. The van der Waals surface area contributed by atoms with Crippen molar-refractivity contribution < 1.29 is 14.3 Å². The van der Waals surface area contributed by atoms with E-state index >= 15 is 0 Å². The number of para-hydroxylation sites is 3. The number of ether oxygens (including phenoxy) is 2. The molecule has 0 radical (unpaired) electrons. The quantitative estimate of drug-likeness (QED) is 0.842. The van der Waals surface area contributed by atoms with Gasteiger partial charge in [-0.15, -0.1) is 0 Å². The van der Waals surface area contributed by atoms with Gasteiger partial charge in [-0.05, 0) is 49.9 Å². The molecule has 5 nitrogen and oxygen atoms in total. The highest BCUT2D eigenvalue weighted by molar-refractivity contribution is 5.97. The second-order valence-corrected chi connectivity index (χ2v) is 7.15. The van der Waals surface area contributed by atoms with Crippen LogP contribution in [0.25, 0.3) is 0 Å². The average Bonchev–Trinajstić information content (AvgIpc) is 3.36. The molecule has 27 heavy (non-hydrogen) atoms. The van der Waals surface area contributed by atoms with Gasteiger partial charge in [-0.2, -0.15) is 0 Å². The molecule has 142 valence electrons. The van der Waals surface area contributed by atoms with Crippen molar-refractivity contribution in [3.8, 4) is 0 Å². The molecule has 0 aromatic heterocycles. The van der Waals surface area contributed by atoms with Gasteiger partial charge in [0, 0.05) is 18.8 Å². The van der Waals surface area contributed by atoms with Crippen LogP contribution in [0.1, 0.15) is 25.3 Å². The fourth-order valence-electron chi connectivity index (χ4n) is 3.74. The highest BCUT2D eigenvalue weighted by atomic mass is 16.5. The molecule has 2 heterocycles. The van der Waals surface area contributed by atoms with Gasteiger partial charge in [-0.3, -0.25) is 4.79 Å². The molecule has 5 heteroatoms. The lowest BCUT2D eigenvalue weighted by atomic mass is 10.1. The SMILES string of the molecule is C[C@@H](OC[C@H]1CCCO1)C(=O)Nc1ccccc1N1CCc2ccccc21. The zero-order valence-electron chi connectivity index (χ0n) is 15.7. The van der Waals surface area contributed by atoms with Crippen LogP contribution in [0.2, 0.25) is 0 Å². The number of nitrogens with one attached hydrogen (secondary N) is 1. The second kappa shape index (κ2) is 8.11. The van der Waals surface area contributed by atoms with Crippen LogP contribution >= 0.6 is 0 Å². The van der Waals surface area contributed by atoms with Crippen molar-refractivity contribution in [3.63, 3.8) is 0 Å². The van der Waals surface area contributed by atoms with E-state index < -0.39 is 6.10 Å². The number of rotatable bonds is 6. The normalized spacial score (nSPS) is 19.7. The molecule has 4 rings (SSSR count). The van der Waals surface area contributed by atoms with Gasteiger partial charge in [0.25, 0.3) is 5.91 Å². The van der Waals surface area contributed by atoms with Gasteiger partial charge in [0.2, 0.25) is 0 Å². The van der Waals surface area contributed by atoms with Crippen LogP contribution in [0.5, 0.6) is 0 Å². The molecular formula is C22H26N2O3. The lowest BCUT2D eigenvalue weighted by Gasteiger charge is -2.24. The van der Waals surface area contributed by atoms with Crippen LogP contribution in [0.3, 0.4) is 0 Å². The topological polar surface area (TPSA) is 50.8 Å². The summed E-state index contributed by atoms with van der Waals surface area (Å²) in [7, 11) is 0. The fraction of sp³-hybridized carbons (Fsp3) is 0.409. The Morgan fingerprint density at radius 1 is 1.22 bits per heavy atom. The Balaban J connectivity index is 1.44. The Kier molecular flexibility index (Phi) is 5.41. The number of amides is 1. The van der Waals surface area contributed by atoms with Gasteiger partial charge in [0.05, 0.1) is 24.1 Å². The van der Waals surface area contributed by atoms with E-state index in [4.69, 9.17) is 9.47 Å². The number of nitrogens with zero attached hydrogens (tertiary/aromatic N) is 1. The van der Waals surface area contributed by atoms with E-state index in [1.807, 2.05) is 18.2 Å². The molecule has 2 aliphatic rings. The Hall–Kier alpha value is -2.37. The van der Waals surface area contributed by atoms with Crippen molar-refractivity contribution in [1.82, 2.24) is 0 Å². The van der Waals surface area contributed by atoms with Gasteiger partial charge in [-0.25, -0.2) is 0 Å². The van der Waals surface area contributed by atoms with Gasteiger partial charge >= 0.3 is 0 Å². The lowest BCUT2D eigenvalue weighted by Crippen LogP contribution is -2.31. The largest absolute Gasteiger partial charge is 0.376 e. The molecule has 0 aliphatic carbocycles. The maximum absolute atomic E-state index is 12.6. The molecule has 0 bridgehead atoms. The third-order valence-electron chi connectivity index (χ3n) is 5.27. The number of hydrogen-bond acceptors (Lipinski definition) is 4.